The first-order chi connectivity index (χ1) is 14.1. The molecular weight excluding hydrogens is 372 g/mol. The van der Waals surface area contributed by atoms with Gasteiger partial charge in [-0.1, -0.05) is 18.2 Å². The van der Waals surface area contributed by atoms with Crippen LogP contribution in [0.4, 0.5) is 11.5 Å². The molecule has 10 heteroatoms. The Balaban J connectivity index is 1.68. The van der Waals surface area contributed by atoms with E-state index < -0.39 is 5.41 Å². The van der Waals surface area contributed by atoms with Crippen LogP contribution in [0.25, 0.3) is 17.0 Å². The van der Waals surface area contributed by atoms with Gasteiger partial charge in [0, 0.05) is 17.7 Å². The fourth-order valence-electron chi connectivity index (χ4n) is 4.46. The first-order valence-corrected chi connectivity index (χ1v) is 9.05. The molecule has 10 nitrogen and oxygen atoms in total. The van der Waals surface area contributed by atoms with Crippen LogP contribution in [0.3, 0.4) is 0 Å². The van der Waals surface area contributed by atoms with E-state index in [2.05, 4.69) is 35.7 Å². The highest BCUT2D eigenvalue weighted by Gasteiger charge is 2.55. The van der Waals surface area contributed by atoms with Crippen molar-refractivity contribution in [2.75, 3.05) is 10.6 Å². The third-order valence-electron chi connectivity index (χ3n) is 5.60. The van der Waals surface area contributed by atoms with Gasteiger partial charge in [0.15, 0.2) is 11.5 Å². The number of para-hydroxylation sites is 1. The second-order valence-corrected chi connectivity index (χ2v) is 7.15. The number of aromatic amines is 1. The number of hydrogen-bond donors (Lipinski definition) is 3. The van der Waals surface area contributed by atoms with Crippen LogP contribution in [0.5, 0.6) is 0 Å². The number of imidazole rings is 1. The number of hydrogen-bond acceptors (Lipinski definition) is 6. The maximum atomic E-state index is 13.2. The summed E-state index contributed by atoms with van der Waals surface area (Å²) in [5.41, 5.74) is 2.74. The average molecular weight is 386 g/mol. The largest absolute Gasteiger partial charge is 0.340 e. The van der Waals surface area contributed by atoms with E-state index in [0.29, 0.717) is 39.7 Å². The first-order valence-electron chi connectivity index (χ1n) is 9.05. The highest BCUT2D eigenvalue weighted by atomic mass is 16.2. The van der Waals surface area contributed by atoms with Crippen molar-refractivity contribution in [3.63, 3.8) is 0 Å². The zero-order valence-electron chi connectivity index (χ0n) is 15.2. The lowest BCUT2D eigenvalue weighted by atomic mass is 9.71. The molecule has 2 aliphatic heterocycles. The van der Waals surface area contributed by atoms with Crippen LogP contribution in [0.2, 0.25) is 0 Å². The smallest absolute Gasteiger partial charge is 0.240 e. The van der Waals surface area contributed by atoms with Crippen molar-refractivity contribution in [3.05, 3.63) is 53.7 Å². The lowest BCUT2D eigenvalue weighted by Gasteiger charge is -2.32. The molecule has 142 valence electrons. The molecule has 0 radical (unpaired) electrons. The zero-order chi connectivity index (χ0) is 19.8. The Morgan fingerprint density at radius 3 is 2.86 bits per heavy atom. The highest BCUT2D eigenvalue weighted by molar-refractivity contribution is 6.15. The maximum Gasteiger partial charge on any atom is 0.240 e. The summed E-state index contributed by atoms with van der Waals surface area (Å²) in [6.45, 7) is 1.83. The Morgan fingerprint density at radius 1 is 1.10 bits per heavy atom. The molecule has 3 aromatic heterocycles. The van der Waals surface area contributed by atoms with Crippen LogP contribution in [0.15, 0.2) is 36.9 Å². The molecule has 6 rings (SSSR count). The van der Waals surface area contributed by atoms with Crippen molar-refractivity contribution >= 4 is 34.5 Å². The number of fused-ring (bicyclic) bond motifs is 5. The SMILES string of the molecule is Cc1nn(-c2ncnc3nc[nH]c23)c2c1C1(CC(=O)N2)C(=O)Nc2ccccc21. The van der Waals surface area contributed by atoms with Crippen molar-refractivity contribution < 1.29 is 9.59 Å². The molecule has 4 aromatic rings. The number of aromatic nitrogens is 6. The van der Waals surface area contributed by atoms with Crippen molar-refractivity contribution in [2.45, 2.75) is 18.8 Å². The van der Waals surface area contributed by atoms with Gasteiger partial charge in [-0.05, 0) is 18.6 Å². The molecule has 0 fully saturated rings. The van der Waals surface area contributed by atoms with Crippen LogP contribution >= 0.6 is 0 Å². The van der Waals surface area contributed by atoms with Gasteiger partial charge in [-0.15, -0.1) is 0 Å². The summed E-state index contributed by atoms with van der Waals surface area (Å²) >= 11 is 0. The third kappa shape index (κ3) is 1.89. The van der Waals surface area contributed by atoms with Gasteiger partial charge in [0.25, 0.3) is 0 Å². The quantitative estimate of drug-likeness (QED) is 0.454. The predicted octanol–water partition coefficient (Wildman–Crippen LogP) is 1.43. The summed E-state index contributed by atoms with van der Waals surface area (Å²) in [6.07, 6.45) is 2.92. The normalized spacial score (nSPS) is 19.9. The molecule has 2 aliphatic rings. The molecule has 3 N–H and O–H groups in total. The molecule has 0 saturated carbocycles. The number of benzene rings is 1. The van der Waals surface area contributed by atoms with Gasteiger partial charge in [0.05, 0.1) is 12.0 Å². The summed E-state index contributed by atoms with van der Waals surface area (Å²) in [5, 5.41) is 10.5. The molecule has 29 heavy (non-hydrogen) atoms. The second kappa shape index (κ2) is 5.25. The number of amides is 2. The summed E-state index contributed by atoms with van der Waals surface area (Å²) in [7, 11) is 0. The summed E-state index contributed by atoms with van der Waals surface area (Å²) in [4.78, 5) is 41.6. The molecule has 1 unspecified atom stereocenters. The van der Waals surface area contributed by atoms with E-state index in [-0.39, 0.29) is 18.2 Å². The van der Waals surface area contributed by atoms with Crippen LogP contribution in [-0.2, 0) is 15.0 Å². The van der Waals surface area contributed by atoms with Crippen molar-refractivity contribution in [1.82, 2.24) is 29.7 Å². The monoisotopic (exact) mass is 386 g/mol. The van der Waals surface area contributed by atoms with Gasteiger partial charge in [-0.3, -0.25) is 9.59 Å². The standard InChI is InChI=1S/C19H14N8O2/c1-9-13-16(27(26-9)17-14-15(21-7-20-14)22-8-23-17)25-12(28)6-19(13)10-4-2-3-5-11(10)24-18(19)29/h2-5,7-8H,6H2,1H3,(H,24,29)(H,25,28)(H,20,21,22,23). The molecule has 0 bridgehead atoms. The number of anilines is 2. The lowest BCUT2D eigenvalue weighted by molar-refractivity contribution is -0.125. The summed E-state index contributed by atoms with van der Waals surface area (Å²) < 4.78 is 1.54. The first kappa shape index (κ1) is 15.9. The predicted molar refractivity (Wildman–Crippen MR) is 103 cm³/mol. The third-order valence-corrected chi connectivity index (χ3v) is 5.60. The van der Waals surface area contributed by atoms with Gasteiger partial charge in [-0.25, -0.2) is 15.0 Å². The fourth-order valence-corrected chi connectivity index (χ4v) is 4.46. The van der Waals surface area contributed by atoms with E-state index in [1.54, 1.807) is 4.68 Å². The number of carbonyl (C=O) groups excluding carboxylic acids is 2. The molecule has 0 saturated heterocycles. The van der Waals surface area contributed by atoms with Crippen molar-refractivity contribution in [1.29, 1.82) is 0 Å². The minimum atomic E-state index is -1.13. The van der Waals surface area contributed by atoms with Gasteiger partial charge in [-0.2, -0.15) is 9.78 Å². The minimum absolute atomic E-state index is 0.0125. The van der Waals surface area contributed by atoms with Gasteiger partial charge in [0.2, 0.25) is 11.8 Å². The van der Waals surface area contributed by atoms with Crippen LogP contribution in [0.1, 0.15) is 23.2 Å². The van der Waals surface area contributed by atoms with E-state index >= 15 is 0 Å². The average Bonchev–Trinajstić information content (AvgIpc) is 3.38. The minimum Gasteiger partial charge on any atom is -0.340 e. The van der Waals surface area contributed by atoms with Gasteiger partial charge < -0.3 is 15.6 Å². The second-order valence-electron chi connectivity index (χ2n) is 7.15. The van der Waals surface area contributed by atoms with Crippen LogP contribution in [0, 0.1) is 6.92 Å². The van der Waals surface area contributed by atoms with E-state index in [1.807, 2.05) is 31.2 Å². The summed E-state index contributed by atoms with van der Waals surface area (Å²) in [5.74, 6) is 0.383. The van der Waals surface area contributed by atoms with Gasteiger partial charge >= 0.3 is 0 Å². The zero-order valence-corrected chi connectivity index (χ0v) is 15.2. The molecule has 1 spiro atoms. The molecule has 1 aromatic carbocycles. The number of H-pyrrole nitrogens is 1. The number of aryl methyl sites for hydroxylation is 1. The highest BCUT2D eigenvalue weighted by Crippen LogP contribution is 2.51. The van der Waals surface area contributed by atoms with Crippen molar-refractivity contribution in [2.24, 2.45) is 0 Å². The Labute approximate surface area is 163 Å². The molecule has 5 heterocycles. The number of carbonyl (C=O) groups is 2. The maximum absolute atomic E-state index is 13.2. The molecule has 2 amide bonds. The van der Waals surface area contributed by atoms with Crippen molar-refractivity contribution in [3.8, 4) is 5.82 Å². The Morgan fingerprint density at radius 2 is 1.97 bits per heavy atom. The van der Waals surface area contributed by atoms with Crippen LogP contribution in [-0.4, -0.2) is 41.5 Å². The van der Waals surface area contributed by atoms with E-state index in [9.17, 15) is 9.59 Å². The number of nitrogens with one attached hydrogen (secondary N) is 3. The van der Waals surface area contributed by atoms with Gasteiger partial charge in [0.1, 0.15) is 23.1 Å². The Bertz CT molecular complexity index is 1350. The molecule has 1 atom stereocenters. The fraction of sp³-hybridized carbons (Fsp3) is 0.158. The van der Waals surface area contributed by atoms with Crippen LogP contribution < -0.4 is 10.6 Å². The number of rotatable bonds is 1. The van der Waals surface area contributed by atoms with E-state index in [0.717, 1.165) is 5.56 Å². The van der Waals surface area contributed by atoms with E-state index in [4.69, 9.17) is 0 Å². The Hall–Kier alpha value is -4.08. The Kier molecular flexibility index (Phi) is 2.88. The topological polar surface area (TPSA) is 130 Å². The molecular formula is C19H14N8O2. The summed E-state index contributed by atoms with van der Waals surface area (Å²) in [6, 6.07) is 7.44. The number of nitrogens with zero attached hydrogens (tertiary/aromatic N) is 5. The lowest BCUT2D eigenvalue weighted by Crippen LogP contribution is -2.43. The van der Waals surface area contributed by atoms with E-state index in [1.165, 1.54) is 12.7 Å². The molecule has 0 aliphatic carbocycles.